The Balaban J connectivity index is 2.02. The van der Waals surface area contributed by atoms with E-state index in [2.05, 4.69) is 0 Å². The van der Waals surface area contributed by atoms with Crippen LogP contribution in [0.5, 0.6) is 0 Å². The smallest absolute Gasteiger partial charge is 0.229 e. The molecule has 1 aliphatic carbocycles. The lowest BCUT2D eigenvalue weighted by atomic mass is 10.2. The second-order valence-electron chi connectivity index (χ2n) is 6.03. The summed E-state index contributed by atoms with van der Waals surface area (Å²) in [6, 6.07) is 4.23. The molecule has 1 aromatic rings. The van der Waals surface area contributed by atoms with Gasteiger partial charge in [-0.2, -0.15) is 4.31 Å². The number of sulfonamides is 1. The van der Waals surface area contributed by atoms with Gasteiger partial charge in [-0.3, -0.25) is 0 Å². The Morgan fingerprint density at radius 2 is 1.86 bits per heavy atom. The summed E-state index contributed by atoms with van der Waals surface area (Å²) < 4.78 is 51.0. The lowest BCUT2D eigenvalue weighted by Crippen LogP contribution is -2.42. The van der Waals surface area contributed by atoms with E-state index in [0.29, 0.717) is 17.0 Å². The van der Waals surface area contributed by atoms with Crippen LogP contribution in [0.1, 0.15) is 24.8 Å². The van der Waals surface area contributed by atoms with Crippen LogP contribution in [0.2, 0.25) is 5.02 Å². The maximum Gasteiger partial charge on any atom is 0.243 e. The van der Waals surface area contributed by atoms with Gasteiger partial charge in [-0.1, -0.05) is 17.7 Å². The molecule has 0 spiro atoms. The molecule has 1 atom stereocenters. The zero-order chi connectivity index (χ0) is 16.1. The van der Waals surface area contributed by atoms with Gasteiger partial charge in [0.1, 0.15) is 0 Å². The molecule has 0 bridgehead atoms. The fourth-order valence-electron chi connectivity index (χ4n) is 2.96. The number of halogens is 1. The van der Waals surface area contributed by atoms with Crippen LogP contribution < -0.4 is 0 Å². The molecule has 1 aromatic carbocycles. The van der Waals surface area contributed by atoms with Crippen molar-refractivity contribution in [3.05, 3.63) is 28.8 Å². The summed E-state index contributed by atoms with van der Waals surface area (Å²) >= 11 is 5.95. The molecule has 8 heteroatoms. The Bertz CT molecular complexity index is 800. The molecule has 1 heterocycles. The average Bonchev–Trinajstić information content (AvgIpc) is 3.16. The molecule has 22 heavy (non-hydrogen) atoms. The van der Waals surface area contributed by atoms with Crippen LogP contribution in [0.3, 0.4) is 0 Å². The highest BCUT2D eigenvalue weighted by molar-refractivity contribution is 7.92. The number of hydrogen-bond acceptors (Lipinski definition) is 4. The first-order valence-corrected chi connectivity index (χ1v) is 10.8. The van der Waals surface area contributed by atoms with Crippen molar-refractivity contribution in [2.24, 2.45) is 0 Å². The Morgan fingerprint density at radius 1 is 1.18 bits per heavy atom. The van der Waals surface area contributed by atoms with Crippen LogP contribution in [0.25, 0.3) is 0 Å². The Hall–Kier alpha value is -0.630. The fourth-order valence-corrected chi connectivity index (χ4v) is 7.16. The first-order valence-electron chi connectivity index (χ1n) is 7.21. The number of benzene rings is 1. The molecule has 5 nitrogen and oxygen atoms in total. The molecule has 1 saturated heterocycles. The van der Waals surface area contributed by atoms with Gasteiger partial charge in [-0.05, 0) is 43.9 Å². The van der Waals surface area contributed by atoms with Gasteiger partial charge in [0.25, 0.3) is 0 Å². The van der Waals surface area contributed by atoms with E-state index in [1.807, 2.05) is 0 Å². The van der Waals surface area contributed by atoms with Crippen LogP contribution in [0.4, 0.5) is 0 Å². The third-order valence-electron chi connectivity index (χ3n) is 4.18. The van der Waals surface area contributed by atoms with E-state index >= 15 is 0 Å². The molecule has 2 fully saturated rings. The summed E-state index contributed by atoms with van der Waals surface area (Å²) in [5.41, 5.74) is 0.621. The summed E-state index contributed by atoms with van der Waals surface area (Å²) in [6.07, 6.45) is 1.95. The second kappa shape index (κ2) is 5.47. The van der Waals surface area contributed by atoms with Crippen molar-refractivity contribution in [1.82, 2.24) is 4.31 Å². The van der Waals surface area contributed by atoms with E-state index in [1.54, 1.807) is 19.1 Å². The lowest BCUT2D eigenvalue weighted by molar-refractivity contribution is 0.332. The molecule has 0 aromatic heterocycles. The van der Waals surface area contributed by atoms with Gasteiger partial charge in [0.15, 0.2) is 9.84 Å². The van der Waals surface area contributed by atoms with E-state index in [0.717, 1.165) is 12.8 Å². The maximum atomic E-state index is 13.1. The predicted octanol–water partition coefficient (Wildman–Crippen LogP) is 1.99. The van der Waals surface area contributed by atoms with Crippen LogP contribution >= 0.6 is 11.6 Å². The van der Waals surface area contributed by atoms with Crippen molar-refractivity contribution < 1.29 is 16.8 Å². The third-order valence-corrected chi connectivity index (χ3v) is 8.31. The number of aryl methyl sites for hydroxylation is 1. The van der Waals surface area contributed by atoms with E-state index in [4.69, 9.17) is 11.6 Å². The number of nitrogens with zero attached hydrogens (tertiary/aromatic N) is 1. The van der Waals surface area contributed by atoms with E-state index in [1.165, 1.54) is 10.4 Å². The summed E-state index contributed by atoms with van der Waals surface area (Å²) in [5.74, 6) is -0.0206. The van der Waals surface area contributed by atoms with E-state index in [9.17, 15) is 16.8 Å². The Morgan fingerprint density at radius 3 is 2.41 bits per heavy atom. The van der Waals surface area contributed by atoms with Crippen molar-refractivity contribution in [3.63, 3.8) is 0 Å². The monoisotopic (exact) mass is 363 g/mol. The predicted molar refractivity (Wildman–Crippen MR) is 85.3 cm³/mol. The SMILES string of the molecule is Cc1ccc(Cl)cc1S(=O)(=O)N(C1CC1)[C@H]1CCS(=O)(=O)C1. The summed E-state index contributed by atoms with van der Waals surface area (Å²) in [6.45, 7) is 1.72. The molecule has 1 aliphatic heterocycles. The topological polar surface area (TPSA) is 71.5 Å². The molecule has 2 aliphatic rings. The van der Waals surface area contributed by atoms with Gasteiger partial charge in [-0.15, -0.1) is 0 Å². The quantitative estimate of drug-likeness (QED) is 0.820. The fraction of sp³-hybridized carbons (Fsp3) is 0.571. The average molecular weight is 364 g/mol. The van der Waals surface area contributed by atoms with Crippen LogP contribution in [0, 0.1) is 6.92 Å². The van der Waals surface area contributed by atoms with Crippen LogP contribution in [-0.2, 0) is 19.9 Å². The van der Waals surface area contributed by atoms with Gasteiger partial charge >= 0.3 is 0 Å². The van der Waals surface area contributed by atoms with Crippen molar-refractivity contribution in [2.45, 2.75) is 43.2 Å². The van der Waals surface area contributed by atoms with Crippen molar-refractivity contribution in [2.75, 3.05) is 11.5 Å². The largest absolute Gasteiger partial charge is 0.243 e. The molecule has 1 saturated carbocycles. The second-order valence-corrected chi connectivity index (χ2v) is 10.5. The number of rotatable bonds is 4. The highest BCUT2D eigenvalue weighted by Crippen LogP contribution is 2.38. The minimum atomic E-state index is -3.74. The highest BCUT2D eigenvalue weighted by atomic mass is 35.5. The highest BCUT2D eigenvalue weighted by Gasteiger charge is 2.46. The van der Waals surface area contributed by atoms with Gasteiger partial charge < -0.3 is 0 Å². The zero-order valence-electron chi connectivity index (χ0n) is 12.2. The number of sulfone groups is 1. The molecule has 3 rings (SSSR count). The Labute approximate surface area is 136 Å². The number of hydrogen-bond donors (Lipinski definition) is 0. The van der Waals surface area contributed by atoms with E-state index in [-0.39, 0.29) is 22.4 Å². The van der Waals surface area contributed by atoms with E-state index < -0.39 is 25.9 Å². The minimum Gasteiger partial charge on any atom is -0.229 e. The molecule has 0 unspecified atom stereocenters. The molecule has 0 radical (unpaired) electrons. The molecular weight excluding hydrogens is 346 g/mol. The summed E-state index contributed by atoms with van der Waals surface area (Å²) in [4.78, 5) is 0.177. The first-order chi connectivity index (χ1) is 10.2. The lowest BCUT2D eigenvalue weighted by Gasteiger charge is -2.28. The Kier molecular flexibility index (Phi) is 4.04. The molecule has 0 amide bonds. The standard InChI is InChI=1S/C14H18ClNO4S2/c1-10-2-3-11(15)8-14(10)22(19,20)16(12-4-5-12)13-6-7-21(17,18)9-13/h2-3,8,12-13H,4-7,9H2,1H3/t13-/m0/s1. The maximum absolute atomic E-state index is 13.1. The minimum absolute atomic E-state index is 0.0605. The van der Waals surface area contributed by atoms with Gasteiger partial charge in [0, 0.05) is 17.1 Å². The van der Waals surface area contributed by atoms with Crippen molar-refractivity contribution in [1.29, 1.82) is 0 Å². The van der Waals surface area contributed by atoms with Crippen LogP contribution in [-0.4, -0.2) is 44.7 Å². The summed E-state index contributed by atoms with van der Waals surface area (Å²) in [7, 11) is -6.88. The van der Waals surface area contributed by atoms with Crippen molar-refractivity contribution >= 4 is 31.5 Å². The van der Waals surface area contributed by atoms with Gasteiger partial charge in [0.05, 0.1) is 16.4 Å². The van der Waals surface area contributed by atoms with Gasteiger partial charge in [0.2, 0.25) is 10.0 Å². The normalized spacial score (nSPS) is 24.8. The third kappa shape index (κ3) is 3.04. The zero-order valence-corrected chi connectivity index (χ0v) is 14.6. The molecular formula is C14H18ClNO4S2. The summed E-state index contributed by atoms with van der Waals surface area (Å²) in [5, 5.41) is 0.360. The molecule has 122 valence electrons. The molecule has 0 N–H and O–H groups in total. The van der Waals surface area contributed by atoms with Crippen molar-refractivity contribution in [3.8, 4) is 0 Å². The van der Waals surface area contributed by atoms with Gasteiger partial charge in [-0.25, -0.2) is 16.8 Å². The first kappa shape index (κ1) is 16.2. The van der Waals surface area contributed by atoms with Crippen LogP contribution in [0.15, 0.2) is 23.1 Å².